The molecule has 2 aromatic rings. The van der Waals surface area contributed by atoms with E-state index in [1.54, 1.807) is 12.1 Å². The van der Waals surface area contributed by atoms with Crippen LogP contribution in [0.1, 0.15) is 17.5 Å². The second-order valence-corrected chi connectivity index (χ2v) is 6.82. The van der Waals surface area contributed by atoms with E-state index < -0.39 is 0 Å². The Labute approximate surface area is 147 Å². The van der Waals surface area contributed by atoms with Gasteiger partial charge in [0.1, 0.15) is 5.75 Å². The van der Waals surface area contributed by atoms with Crippen molar-refractivity contribution in [2.75, 3.05) is 36.4 Å². The molecule has 5 heteroatoms. The molecule has 2 aliphatic rings. The molecule has 0 radical (unpaired) electrons. The first kappa shape index (κ1) is 16.0. The second kappa shape index (κ2) is 6.76. The van der Waals surface area contributed by atoms with Crippen LogP contribution in [0.15, 0.2) is 42.5 Å². The molecule has 1 saturated heterocycles. The Bertz CT molecular complexity index is 765. The van der Waals surface area contributed by atoms with E-state index >= 15 is 0 Å². The van der Waals surface area contributed by atoms with E-state index in [4.69, 9.17) is 0 Å². The molecule has 0 unspecified atom stereocenters. The summed E-state index contributed by atoms with van der Waals surface area (Å²) >= 11 is 0. The highest BCUT2D eigenvalue weighted by atomic mass is 16.3. The number of nitrogens with zero attached hydrogens (tertiary/aromatic N) is 2. The summed E-state index contributed by atoms with van der Waals surface area (Å²) in [6.07, 6.45) is 1.41. The normalized spacial score (nSPS) is 17.9. The topological polar surface area (TPSA) is 55.8 Å². The molecule has 0 bridgehead atoms. The van der Waals surface area contributed by atoms with Crippen LogP contribution in [0, 0.1) is 0 Å². The number of hydrogen-bond donors (Lipinski definition) is 2. The van der Waals surface area contributed by atoms with Gasteiger partial charge < -0.3 is 15.3 Å². The van der Waals surface area contributed by atoms with Gasteiger partial charge in [-0.25, -0.2) is 0 Å². The van der Waals surface area contributed by atoms with Crippen LogP contribution in [0.2, 0.25) is 0 Å². The van der Waals surface area contributed by atoms with Crippen LogP contribution >= 0.6 is 0 Å². The SMILES string of the molecule is O=C1CCc2cc(N3CCN(Cc4ccc(O)cc4)CC3)ccc2N1. The van der Waals surface area contributed by atoms with Gasteiger partial charge in [-0.1, -0.05) is 12.1 Å². The van der Waals surface area contributed by atoms with Crippen LogP contribution in [0.5, 0.6) is 5.75 Å². The zero-order chi connectivity index (χ0) is 17.2. The van der Waals surface area contributed by atoms with Crippen LogP contribution in [0.4, 0.5) is 11.4 Å². The van der Waals surface area contributed by atoms with Crippen molar-refractivity contribution in [3.05, 3.63) is 53.6 Å². The third-order valence-corrected chi connectivity index (χ3v) is 5.06. The molecule has 0 atom stereocenters. The maximum atomic E-state index is 11.5. The smallest absolute Gasteiger partial charge is 0.224 e. The summed E-state index contributed by atoms with van der Waals surface area (Å²) in [6, 6.07) is 13.8. The van der Waals surface area contributed by atoms with Gasteiger partial charge in [0.15, 0.2) is 0 Å². The maximum absolute atomic E-state index is 11.5. The lowest BCUT2D eigenvalue weighted by atomic mass is 10.0. The van der Waals surface area contributed by atoms with Gasteiger partial charge in [-0.15, -0.1) is 0 Å². The van der Waals surface area contributed by atoms with E-state index in [2.05, 4.69) is 27.2 Å². The Balaban J connectivity index is 1.37. The van der Waals surface area contributed by atoms with Crippen molar-refractivity contribution in [3.63, 3.8) is 0 Å². The first-order valence-electron chi connectivity index (χ1n) is 8.85. The molecule has 0 spiro atoms. The number of rotatable bonds is 3. The minimum Gasteiger partial charge on any atom is -0.508 e. The molecule has 5 nitrogen and oxygen atoms in total. The average molecular weight is 337 g/mol. The third-order valence-electron chi connectivity index (χ3n) is 5.06. The molecule has 4 rings (SSSR count). The number of aryl methyl sites for hydroxylation is 1. The van der Waals surface area contributed by atoms with Gasteiger partial charge in [-0.3, -0.25) is 9.69 Å². The molecule has 0 aromatic heterocycles. The summed E-state index contributed by atoms with van der Waals surface area (Å²) in [5, 5.41) is 12.3. The number of amides is 1. The molecular formula is C20H23N3O2. The van der Waals surface area contributed by atoms with Crippen molar-refractivity contribution in [1.82, 2.24) is 4.90 Å². The fraction of sp³-hybridized carbons (Fsp3) is 0.350. The molecule has 1 amide bonds. The Morgan fingerprint density at radius 2 is 1.72 bits per heavy atom. The lowest BCUT2D eigenvalue weighted by Crippen LogP contribution is -2.46. The third kappa shape index (κ3) is 3.61. The minimum absolute atomic E-state index is 0.114. The van der Waals surface area contributed by atoms with Crippen molar-refractivity contribution in [2.24, 2.45) is 0 Å². The highest BCUT2D eigenvalue weighted by Gasteiger charge is 2.20. The molecule has 1 fully saturated rings. The number of aromatic hydroxyl groups is 1. The largest absolute Gasteiger partial charge is 0.508 e. The molecule has 2 heterocycles. The monoisotopic (exact) mass is 337 g/mol. The zero-order valence-electron chi connectivity index (χ0n) is 14.2. The van der Waals surface area contributed by atoms with E-state index in [1.165, 1.54) is 16.8 Å². The van der Waals surface area contributed by atoms with Gasteiger partial charge in [0, 0.05) is 50.5 Å². The number of carbonyl (C=O) groups is 1. The number of nitrogens with one attached hydrogen (secondary N) is 1. The van der Waals surface area contributed by atoms with Gasteiger partial charge in [0.25, 0.3) is 0 Å². The van der Waals surface area contributed by atoms with Gasteiger partial charge in [-0.05, 0) is 47.9 Å². The maximum Gasteiger partial charge on any atom is 0.224 e. The fourth-order valence-corrected chi connectivity index (χ4v) is 3.59. The summed E-state index contributed by atoms with van der Waals surface area (Å²) in [6.45, 7) is 4.97. The standard InChI is InChI=1S/C20H23N3O2/c24-18-5-1-15(2-6-18)14-22-9-11-23(12-10-22)17-4-7-19-16(13-17)3-8-20(25)21-19/h1-2,4-7,13,24H,3,8-12,14H2,(H,21,25). The van der Waals surface area contributed by atoms with E-state index in [-0.39, 0.29) is 5.91 Å². The van der Waals surface area contributed by atoms with Crippen molar-refractivity contribution in [2.45, 2.75) is 19.4 Å². The lowest BCUT2D eigenvalue weighted by Gasteiger charge is -2.36. The molecule has 0 saturated carbocycles. The Morgan fingerprint density at radius 1 is 0.960 bits per heavy atom. The van der Waals surface area contributed by atoms with Crippen LogP contribution < -0.4 is 10.2 Å². The van der Waals surface area contributed by atoms with Crippen molar-refractivity contribution in [3.8, 4) is 5.75 Å². The molecule has 130 valence electrons. The Morgan fingerprint density at radius 3 is 2.48 bits per heavy atom. The highest BCUT2D eigenvalue weighted by molar-refractivity contribution is 5.94. The summed E-state index contributed by atoms with van der Waals surface area (Å²) in [5.41, 5.74) is 4.68. The quantitative estimate of drug-likeness (QED) is 0.904. The van der Waals surface area contributed by atoms with Crippen LogP contribution in [-0.2, 0) is 17.8 Å². The predicted octanol–water partition coefficient (Wildman–Crippen LogP) is 2.60. The number of phenols is 1. The number of benzene rings is 2. The molecule has 0 aliphatic carbocycles. The van der Waals surface area contributed by atoms with Crippen LogP contribution in [0.3, 0.4) is 0 Å². The summed E-state index contributed by atoms with van der Waals surface area (Å²) in [4.78, 5) is 16.3. The Hall–Kier alpha value is -2.53. The number of piperazine rings is 1. The second-order valence-electron chi connectivity index (χ2n) is 6.82. The van der Waals surface area contributed by atoms with Crippen molar-refractivity contribution >= 4 is 17.3 Å². The highest BCUT2D eigenvalue weighted by Crippen LogP contribution is 2.28. The van der Waals surface area contributed by atoms with E-state index in [1.807, 2.05) is 18.2 Å². The van der Waals surface area contributed by atoms with E-state index in [9.17, 15) is 9.90 Å². The number of carbonyl (C=O) groups excluding carboxylic acids is 1. The minimum atomic E-state index is 0.114. The predicted molar refractivity (Wildman–Crippen MR) is 99.0 cm³/mol. The molecule has 2 aromatic carbocycles. The van der Waals surface area contributed by atoms with Gasteiger partial charge in [-0.2, -0.15) is 0 Å². The first-order chi connectivity index (χ1) is 12.2. The van der Waals surface area contributed by atoms with Gasteiger partial charge in [0.05, 0.1) is 0 Å². The number of hydrogen-bond acceptors (Lipinski definition) is 4. The van der Waals surface area contributed by atoms with E-state index in [0.29, 0.717) is 12.2 Å². The summed E-state index contributed by atoms with van der Waals surface area (Å²) < 4.78 is 0. The van der Waals surface area contributed by atoms with Gasteiger partial charge in [0.2, 0.25) is 5.91 Å². The number of fused-ring (bicyclic) bond motifs is 1. The lowest BCUT2D eigenvalue weighted by molar-refractivity contribution is -0.116. The number of phenolic OH excluding ortho intramolecular Hbond substituents is 1. The van der Waals surface area contributed by atoms with Crippen molar-refractivity contribution in [1.29, 1.82) is 0 Å². The molecular weight excluding hydrogens is 314 g/mol. The van der Waals surface area contributed by atoms with Crippen molar-refractivity contribution < 1.29 is 9.90 Å². The van der Waals surface area contributed by atoms with Gasteiger partial charge >= 0.3 is 0 Å². The zero-order valence-corrected chi connectivity index (χ0v) is 14.2. The Kier molecular flexibility index (Phi) is 4.32. The molecule has 2 N–H and O–H groups in total. The molecule has 2 aliphatic heterocycles. The summed E-state index contributed by atoms with van der Waals surface area (Å²) in [5.74, 6) is 0.431. The van der Waals surface area contributed by atoms with E-state index in [0.717, 1.165) is 44.8 Å². The fourth-order valence-electron chi connectivity index (χ4n) is 3.59. The summed E-state index contributed by atoms with van der Waals surface area (Å²) in [7, 11) is 0. The van der Waals surface area contributed by atoms with Crippen LogP contribution in [0.25, 0.3) is 0 Å². The number of anilines is 2. The first-order valence-corrected chi connectivity index (χ1v) is 8.85. The molecule has 25 heavy (non-hydrogen) atoms. The average Bonchev–Trinajstić information content (AvgIpc) is 2.64. The van der Waals surface area contributed by atoms with Crippen LogP contribution in [-0.4, -0.2) is 42.1 Å².